The van der Waals surface area contributed by atoms with Gasteiger partial charge in [0.2, 0.25) is 0 Å². The van der Waals surface area contributed by atoms with E-state index in [4.69, 9.17) is 16.3 Å². The minimum atomic E-state index is -0.563. The Morgan fingerprint density at radius 3 is 2.52 bits per heavy atom. The molecule has 0 unspecified atom stereocenters. The van der Waals surface area contributed by atoms with Crippen LogP contribution in [0.2, 0.25) is 5.02 Å². The lowest BCUT2D eigenvalue weighted by molar-refractivity contribution is -0.123. The highest BCUT2D eigenvalue weighted by molar-refractivity contribution is 6.32. The summed E-state index contributed by atoms with van der Waals surface area (Å²) >= 11 is 5.94. The maximum atomic E-state index is 12.8. The number of halogens is 2. The van der Waals surface area contributed by atoms with Gasteiger partial charge in [0.25, 0.3) is 11.8 Å². The van der Waals surface area contributed by atoms with Crippen LogP contribution in [-0.4, -0.2) is 18.4 Å². The van der Waals surface area contributed by atoms with Crippen LogP contribution in [0.4, 0.5) is 4.39 Å². The van der Waals surface area contributed by atoms with Gasteiger partial charge in [-0.2, -0.15) is 0 Å². The van der Waals surface area contributed by atoms with Crippen LogP contribution in [0.25, 0.3) is 0 Å². The number of carbonyl (C=O) groups excluding carboxylic acids is 2. The Morgan fingerprint density at radius 2 is 1.83 bits per heavy atom. The SMILES string of the molecule is Cc1ccc(Cl)c(OCC(=O)NNC(=O)c2ccc(F)cc2)c1. The number of aryl methyl sites for hydroxylation is 1. The van der Waals surface area contributed by atoms with E-state index in [9.17, 15) is 14.0 Å². The van der Waals surface area contributed by atoms with Crippen LogP contribution in [0.1, 0.15) is 15.9 Å². The Hall–Kier alpha value is -2.60. The van der Waals surface area contributed by atoms with Gasteiger partial charge < -0.3 is 4.74 Å². The summed E-state index contributed by atoms with van der Waals surface area (Å²) < 4.78 is 18.0. The van der Waals surface area contributed by atoms with Crippen molar-refractivity contribution in [3.05, 3.63) is 64.4 Å². The highest BCUT2D eigenvalue weighted by Crippen LogP contribution is 2.24. The van der Waals surface area contributed by atoms with Gasteiger partial charge in [0, 0.05) is 5.56 Å². The van der Waals surface area contributed by atoms with Gasteiger partial charge in [0.05, 0.1) is 5.02 Å². The highest BCUT2D eigenvalue weighted by Gasteiger charge is 2.09. The Labute approximate surface area is 137 Å². The zero-order chi connectivity index (χ0) is 16.8. The van der Waals surface area contributed by atoms with E-state index >= 15 is 0 Å². The van der Waals surface area contributed by atoms with Gasteiger partial charge in [-0.05, 0) is 48.9 Å². The summed E-state index contributed by atoms with van der Waals surface area (Å²) in [6, 6.07) is 10.1. The quantitative estimate of drug-likeness (QED) is 0.843. The minimum Gasteiger partial charge on any atom is -0.482 e. The molecule has 2 aromatic rings. The van der Waals surface area contributed by atoms with Gasteiger partial charge in [-0.25, -0.2) is 4.39 Å². The predicted octanol–water partition coefficient (Wildman–Crippen LogP) is 2.63. The summed E-state index contributed by atoms with van der Waals surface area (Å²) in [5.74, 6) is -1.19. The number of hydrogen-bond acceptors (Lipinski definition) is 3. The lowest BCUT2D eigenvalue weighted by Gasteiger charge is -2.10. The topological polar surface area (TPSA) is 67.4 Å². The molecule has 2 amide bonds. The maximum Gasteiger partial charge on any atom is 0.276 e. The van der Waals surface area contributed by atoms with Crippen molar-refractivity contribution in [1.82, 2.24) is 10.9 Å². The zero-order valence-corrected chi connectivity index (χ0v) is 13.0. The Morgan fingerprint density at radius 1 is 1.13 bits per heavy atom. The fourth-order valence-corrected chi connectivity index (χ4v) is 1.87. The van der Waals surface area contributed by atoms with Gasteiger partial charge >= 0.3 is 0 Å². The average Bonchev–Trinajstić information content (AvgIpc) is 2.54. The van der Waals surface area contributed by atoms with E-state index in [0.29, 0.717) is 10.8 Å². The number of carbonyl (C=O) groups is 2. The third-order valence-electron chi connectivity index (χ3n) is 2.87. The van der Waals surface area contributed by atoms with Crippen molar-refractivity contribution in [1.29, 1.82) is 0 Å². The summed E-state index contributed by atoms with van der Waals surface area (Å²) in [7, 11) is 0. The van der Waals surface area contributed by atoms with Crippen LogP contribution in [0.5, 0.6) is 5.75 Å². The number of benzene rings is 2. The Balaban J connectivity index is 1.82. The molecule has 0 heterocycles. The molecule has 0 fully saturated rings. The monoisotopic (exact) mass is 336 g/mol. The second kappa shape index (κ2) is 7.60. The van der Waals surface area contributed by atoms with E-state index in [2.05, 4.69) is 10.9 Å². The molecule has 7 heteroatoms. The summed E-state index contributed by atoms with van der Waals surface area (Å²) in [5.41, 5.74) is 5.56. The van der Waals surface area contributed by atoms with E-state index in [1.807, 2.05) is 13.0 Å². The van der Waals surface area contributed by atoms with Gasteiger partial charge in [-0.3, -0.25) is 20.4 Å². The molecule has 0 aromatic heterocycles. The minimum absolute atomic E-state index is 0.217. The van der Waals surface area contributed by atoms with Gasteiger partial charge in [0.15, 0.2) is 6.61 Å². The van der Waals surface area contributed by atoms with Crippen LogP contribution in [0.3, 0.4) is 0 Å². The number of hydrazine groups is 1. The summed E-state index contributed by atoms with van der Waals surface area (Å²) in [4.78, 5) is 23.4. The molecule has 0 radical (unpaired) electrons. The summed E-state index contributed by atoms with van der Waals surface area (Å²) in [6.07, 6.45) is 0. The van der Waals surface area contributed by atoms with Crippen molar-refractivity contribution in [3.63, 3.8) is 0 Å². The zero-order valence-electron chi connectivity index (χ0n) is 12.2. The summed E-state index contributed by atoms with van der Waals surface area (Å²) in [5, 5.41) is 0.388. The number of ether oxygens (including phenoxy) is 1. The molecule has 120 valence electrons. The predicted molar refractivity (Wildman–Crippen MR) is 83.7 cm³/mol. The van der Waals surface area contributed by atoms with E-state index in [1.165, 1.54) is 12.1 Å². The first kappa shape index (κ1) is 16.8. The summed E-state index contributed by atoms with van der Waals surface area (Å²) in [6.45, 7) is 1.55. The number of amides is 2. The molecular weight excluding hydrogens is 323 g/mol. The van der Waals surface area contributed by atoms with E-state index in [-0.39, 0.29) is 12.2 Å². The van der Waals surface area contributed by atoms with Crippen LogP contribution >= 0.6 is 11.6 Å². The largest absolute Gasteiger partial charge is 0.482 e. The molecule has 23 heavy (non-hydrogen) atoms. The number of nitrogens with one attached hydrogen (secondary N) is 2. The second-order valence-corrected chi connectivity index (χ2v) is 5.14. The molecule has 0 atom stereocenters. The number of hydrogen-bond donors (Lipinski definition) is 2. The third kappa shape index (κ3) is 4.96. The first-order valence-electron chi connectivity index (χ1n) is 6.69. The lowest BCUT2D eigenvalue weighted by atomic mass is 10.2. The first-order valence-corrected chi connectivity index (χ1v) is 7.07. The van der Waals surface area contributed by atoms with Crippen LogP contribution < -0.4 is 15.6 Å². The standard InChI is InChI=1S/C16H14ClFN2O3/c1-10-2-7-13(17)14(8-10)23-9-15(21)19-20-16(22)11-3-5-12(18)6-4-11/h2-8H,9H2,1H3,(H,19,21)(H,20,22). The van der Waals surface area contributed by atoms with Crippen LogP contribution in [0.15, 0.2) is 42.5 Å². The van der Waals surface area contributed by atoms with Crippen molar-refractivity contribution >= 4 is 23.4 Å². The lowest BCUT2D eigenvalue weighted by Crippen LogP contribution is -2.43. The average molecular weight is 337 g/mol. The molecule has 0 aliphatic heterocycles. The molecule has 0 bridgehead atoms. The van der Waals surface area contributed by atoms with E-state index in [1.54, 1.807) is 12.1 Å². The fourth-order valence-electron chi connectivity index (χ4n) is 1.70. The molecule has 0 spiro atoms. The van der Waals surface area contributed by atoms with Gasteiger partial charge in [0.1, 0.15) is 11.6 Å². The molecular formula is C16H14ClFN2O3. The first-order chi connectivity index (χ1) is 11.0. The molecule has 2 rings (SSSR count). The van der Waals surface area contributed by atoms with Gasteiger partial charge in [-0.1, -0.05) is 17.7 Å². The molecule has 0 saturated heterocycles. The normalized spacial score (nSPS) is 10.0. The van der Waals surface area contributed by atoms with Crippen LogP contribution in [-0.2, 0) is 4.79 Å². The Bertz CT molecular complexity index is 720. The van der Waals surface area contributed by atoms with Crippen LogP contribution in [0, 0.1) is 12.7 Å². The van der Waals surface area contributed by atoms with Crippen molar-refractivity contribution in [2.24, 2.45) is 0 Å². The van der Waals surface area contributed by atoms with Crippen molar-refractivity contribution in [2.75, 3.05) is 6.61 Å². The molecule has 0 aliphatic rings. The van der Waals surface area contributed by atoms with Gasteiger partial charge in [-0.15, -0.1) is 0 Å². The molecule has 0 saturated carbocycles. The van der Waals surface area contributed by atoms with E-state index < -0.39 is 17.6 Å². The van der Waals surface area contributed by atoms with E-state index in [0.717, 1.165) is 17.7 Å². The smallest absolute Gasteiger partial charge is 0.276 e. The molecule has 2 aromatic carbocycles. The molecule has 0 aliphatic carbocycles. The van der Waals surface area contributed by atoms with Crippen molar-refractivity contribution in [3.8, 4) is 5.75 Å². The Kier molecular flexibility index (Phi) is 5.54. The van der Waals surface area contributed by atoms with Crippen molar-refractivity contribution in [2.45, 2.75) is 6.92 Å². The molecule has 5 nitrogen and oxygen atoms in total. The number of rotatable bonds is 4. The third-order valence-corrected chi connectivity index (χ3v) is 3.18. The van der Waals surface area contributed by atoms with Crippen molar-refractivity contribution < 1.29 is 18.7 Å². The second-order valence-electron chi connectivity index (χ2n) is 4.73. The fraction of sp³-hybridized carbons (Fsp3) is 0.125. The molecule has 2 N–H and O–H groups in total. The highest BCUT2D eigenvalue weighted by atomic mass is 35.5. The maximum absolute atomic E-state index is 12.8.